The zero-order valence-electron chi connectivity index (χ0n) is 12.6. The lowest BCUT2D eigenvalue weighted by Crippen LogP contribution is -2.28. The fourth-order valence-corrected chi connectivity index (χ4v) is 3.25. The molecule has 1 aromatic heterocycles. The predicted molar refractivity (Wildman–Crippen MR) is 83.1 cm³/mol. The first kappa shape index (κ1) is 13.4. The molecule has 0 amide bonds. The molecule has 1 unspecified atom stereocenters. The number of aryl methyl sites for hydroxylation is 2. The normalized spacial score (nSPS) is 19.2. The molecule has 20 heavy (non-hydrogen) atoms. The van der Waals surface area contributed by atoms with Crippen LogP contribution >= 0.6 is 0 Å². The van der Waals surface area contributed by atoms with Crippen LogP contribution in [0.15, 0.2) is 18.2 Å². The van der Waals surface area contributed by atoms with E-state index >= 15 is 0 Å². The van der Waals surface area contributed by atoms with E-state index in [4.69, 9.17) is 0 Å². The molecule has 3 heteroatoms. The standard InChI is InChI=1S/C17H23N3/c1-11-6-7-15(12(2)9-11)17-13(3)16(19-20-17)14-5-4-8-18-10-14/h6-7,9,14,18H,4-5,8,10H2,1-3H3,(H,19,20). The van der Waals surface area contributed by atoms with Crippen LogP contribution in [0.3, 0.4) is 0 Å². The summed E-state index contributed by atoms with van der Waals surface area (Å²) in [5, 5.41) is 11.4. The highest BCUT2D eigenvalue weighted by Crippen LogP contribution is 2.31. The van der Waals surface area contributed by atoms with Gasteiger partial charge in [0.25, 0.3) is 0 Å². The summed E-state index contributed by atoms with van der Waals surface area (Å²) in [5.41, 5.74) is 7.59. The molecule has 1 aliphatic rings. The fraction of sp³-hybridized carbons (Fsp3) is 0.471. The summed E-state index contributed by atoms with van der Waals surface area (Å²) in [6.45, 7) is 8.70. The summed E-state index contributed by atoms with van der Waals surface area (Å²) in [6, 6.07) is 6.58. The molecule has 0 radical (unpaired) electrons. The SMILES string of the molecule is Cc1ccc(-c2n[nH]c(C3CCCNC3)c2C)c(C)c1. The second-order valence-electron chi connectivity index (χ2n) is 5.97. The zero-order chi connectivity index (χ0) is 14.1. The number of hydrogen-bond donors (Lipinski definition) is 2. The minimum atomic E-state index is 0.579. The average Bonchev–Trinajstić information content (AvgIpc) is 2.82. The number of nitrogens with one attached hydrogen (secondary N) is 2. The number of benzene rings is 1. The van der Waals surface area contributed by atoms with Crippen LogP contribution in [-0.2, 0) is 0 Å². The molecular weight excluding hydrogens is 246 g/mol. The second kappa shape index (κ2) is 5.41. The van der Waals surface area contributed by atoms with E-state index in [9.17, 15) is 0 Å². The summed E-state index contributed by atoms with van der Waals surface area (Å²) in [7, 11) is 0. The van der Waals surface area contributed by atoms with Crippen LogP contribution in [0.5, 0.6) is 0 Å². The Morgan fingerprint density at radius 2 is 2.05 bits per heavy atom. The molecule has 106 valence electrons. The third-order valence-electron chi connectivity index (χ3n) is 4.39. The van der Waals surface area contributed by atoms with Crippen molar-refractivity contribution < 1.29 is 0 Å². The Morgan fingerprint density at radius 3 is 2.75 bits per heavy atom. The number of aromatic amines is 1. The van der Waals surface area contributed by atoms with E-state index in [2.05, 4.69) is 54.5 Å². The lowest BCUT2D eigenvalue weighted by molar-refractivity contribution is 0.453. The largest absolute Gasteiger partial charge is 0.316 e. The second-order valence-corrected chi connectivity index (χ2v) is 5.97. The molecule has 0 aliphatic carbocycles. The van der Waals surface area contributed by atoms with Gasteiger partial charge in [0.05, 0.1) is 5.69 Å². The predicted octanol–water partition coefficient (Wildman–Crippen LogP) is 3.47. The van der Waals surface area contributed by atoms with E-state index in [0.717, 1.165) is 18.8 Å². The van der Waals surface area contributed by atoms with Gasteiger partial charge in [-0.1, -0.05) is 23.8 Å². The summed E-state index contributed by atoms with van der Waals surface area (Å²) in [5.74, 6) is 0.579. The Morgan fingerprint density at radius 1 is 1.20 bits per heavy atom. The molecule has 2 N–H and O–H groups in total. The highest BCUT2D eigenvalue weighted by molar-refractivity contribution is 5.67. The van der Waals surface area contributed by atoms with Crippen molar-refractivity contribution in [2.24, 2.45) is 0 Å². The number of H-pyrrole nitrogens is 1. The number of hydrogen-bond acceptors (Lipinski definition) is 2. The number of aromatic nitrogens is 2. The maximum absolute atomic E-state index is 4.60. The highest BCUT2D eigenvalue weighted by Gasteiger charge is 2.21. The Hall–Kier alpha value is -1.61. The number of rotatable bonds is 2. The Kier molecular flexibility index (Phi) is 3.62. The fourth-order valence-electron chi connectivity index (χ4n) is 3.25. The van der Waals surface area contributed by atoms with Gasteiger partial charge in [-0.25, -0.2) is 0 Å². The lowest BCUT2D eigenvalue weighted by atomic mass is 9.92. The smallest absolute Gasteiger partial charge is 0.0955 e. The van der Waals surface area contributed by atoms with Crippen LogP contribution in [0.25, 0.3) is 11.3 Å². The Bertz CT molecular complexity index is 607. The molecule has 2 aromatic rings. The van der Waals surface area contributed by atoms with Crippen LogP contribution in [0.4, 0.5) is 0 Å². The lowest BCUT2D eigenvalue weighted by Gasteiger charge is -2.22. The van der Waals surface area contributed by atoms with E-state index in [1.165, 1.54) is 40.8 Å². The van der Waals surface area contributed by atoms with Gasteiger partial charge in [0, 0.05) is 23.7 Å². The van der Waals surface area contributed by atoms with Gasteiger partial charge in [0.1, 0.15) is 0 Å². The number of nitrogens with zero attached hydrogens (tertiary/aromatic N) is 1. The van der Waals surface area contributed by atoms with Crippen molar-refractivity contribution in [1.82, 2.24) is 15.5 Å². The first-order valence-electron chi connectivity index (χ1n) is 7.50. The van der Waals surface area contributed by atoms with E-state index in [1.54, 1.807) is 0 Å². The van der Waals surface area contributed by atoms with Gasteiger partial charge in [-0.05, 0) is 51.3 Å². The maximum Gasteiger partial charge on any atom is 0.0955 e. The average molecular weight is 269 g/mol. The quantitative estimate of drug-likeness (QED) is 0.876. The van der Waals surface area contributed by atoms with Crippen molar-refractivity contribution in [2.45, 2.75) is 39.5 Å². The third-order valence-corrected chi connectivity index (χ3v) is 4.39. The molecule has 1 fully saturated rings. The Balaban J connectivity index is 1.97. The van der Waals surface area contributed by atoms with Crippen LogP contribution in [0, 0.1) is 20.8 Å². The molecule has 2 heterocycles. The van der Waals surface area contributed by atoms with Crippen LogP contribution in [0.2, 0.25) is 0 Å². The molecular formula is C17H23N3. The van der Waals surface area contributed by atoms with Gasteiger partial charge in [-0.3, -0.25) is 5.10 Å². The zero-order valence-corrected chi connectivity index (χ0v) is 12.6. The van der Waals surface area contributed by atoms with E-state index < -0.39 is 0 Å². The first-order valence-corrected chi connectivity index (χ1v) is 7.50. The van der Waals surface area contributed by atoms with Crippen molar-refractivity contribution in [3.63, 3.8) is 0 Å². The summed E-state index contributed by atoms with van der Waals surface area (Å²) in [6.07, 6.45) is 2.50. The number of piperidine rings is 1. The summed E-state index contributed by atoms with van der Waals surface area (Å²) >= 11 is 0. The van der Waals surface area contributed by atoms with Crippen LogP contribution in [-0.4, -0.2) is 23.3 Å². The monoisotopic (exact) mass is 269 g/mol. The highest BCUT2D eigenvalue weighted by atomic mass is 15.1. The summed E-state index contributed by atoms with van der Waals surface area (Å²) < 4.78 is 0. The molecule has 1 aromatic carbocycles. The maximum atomic E-state index is 4.60. The van der Waals surface area contributed by atoms with Gasteiger partial charge >= 0.3 is 0 Å². The molecule has 3 rings (SSSR count). The van der Waals surface area contributed by atoms with Gasteiger partial charge in [-0.15, -0.1) is 0 Å². The topological polar surface area (TPSA) is 40.7 Å². The first-order chi connectivity index (χ1) is 9.66. The van der Waals surface area contributed by atoms with E-state index in [-0.39, 0.29) is 0 Å². The molecule has 0 spiro atoms. The van der Waals surface area contributed by atoms with Gasteiger partial charge < -0.3 is 5.32 Å². The molecule has 0 saturated carbocycles. The van der Waals surface area contributed by atoms with Gasteiger partial charge in [-0.2, -0.15) is 5.10 Å². The third kappa shape index (κ3) is 2.38. The van der Waals surface area contributed by atoms with Crippen molar-refractivity contribution >= 4 is 0 Å². The molecule has 1 aliphatic heterocycles. The molecule has 3 nitrogen and oxygen atoms in total. The van der Waals surface area contributed by atoms with Crippen LogP contribution < -0.4 is 5.32 Å². The van der Waals surface area contributed by atoms with Gasteiger partial charge in [0.15, 0.2) is 0 Å². The van der Waals surface area contributed by atoms with E-state index in [0.29, 0.717) is 5.92 Å². The minimum absolute atomic E-state index is 0.579. The van der Waals surface area contributed by atoms with Crippen LogP contribution in [0.1, 0.15) is 41.1 Å². The van der Waals surface area contributed by atoms with E-state index in [1.807, 2.05) is 0 Å². The van der Waals surface area contributed by atoms with Crippen molar-refractivity contribution in [1.29, 1.82) is 0 Å². The summed E-state index contributed by atoms with van der Waals surface area (Å²) in [4.78, 5) is 0. The minimum Gasteiger partial charge on any atom is -0.316 e. The molecule has 1 atom stereocenters. The van der Waals surface area contributed by atoms with Crippen molar-refractivity contribution in [3.8, 4) is 11.3 Å². The molecule has 0 bridgehead atoms. The molecule has 1 saturated heterocycles. The van der Waals surface area contributed by atoms with Crippen molar-refractivity contribution in [3.05, 3.63) is 40.6 Å². The van der Waals surface area contributed by atoms with Gasteiger partial charge in [0.2, 0.25) is 0 Å². The van der Waals surface area contributed by atoms with Crippen molar-refractivity contribution in [2.75, 3.05) is 13.1 Å². The Labute approximate surface area is 120 Å².